The predicted octanol–water partition coefficient (Wildman–Crippen LogP) is 5.91. The number of rotatable bonds is 6. The highest BCUT2D eigenvalue weighted by Gasteiger charge is 2.37. The minimum atomic E-state index is -0.311. The third-order valence-corrected chi connectivity index (χ3v) is 6.92. The second-order valence-electron chi connectivity index (χ2n) is 9.30. The first-order valence-corrected chi connectivity index (χ1v) is 10.6. The summed E-state index contributed by atoms with van der Waals surface area (Å²) in [6, 6.07) is 0. The lowest BCUT2D eigenvalue weighted by atomic mass is 9.63. The lowest BCUT2D eigenvalue weighted by Gasteiger charge is -2.43. The van der Waals surface area contributed by atoms with Crippen molar-refractivity contribution in [3.63, 3.8) is 0 Å². The van der Waals surface area contributed by atoms with Gasteiger partial charge in [-0.25, -0.2) is 0 Å². The van der Waals surface area contributed by atoms with Crippen LogP contribution in [0.1, 0.15) is 98.3 Å². The molecule has 2 saturated carbocycles. The van der Waals surface area contributed by atoms with Crippen LogP contribution in [0.3, 0.4) is 0 Å². The van der Waals surface area contributed by atoms with Crippen molar-refractivity contribution in [2.45, 2.75) is 98.3 Å². The highest BCUT2D eigenvalue weighted by atomic mass is 16.6. The molecule has 0 N–H and O–H groups in total. The second-order valence-corrected chi connectivity index (χ2v) is 9.30. The number of carbonyl (C=O) groups is 2. The van der Waals surface area contributed by atoms with Gasteiger partial charge in [-0.1, -0.05) is 53.4 Å². The zero-order chi connectivity index (χ0) is 18.4. The summed E-state index contributed by atoms with van der Waals surface area (Å²) in [5, 5.41) is 0. The van der Waals surface area contributed by atoms with E-state index < -0.39 is 0 Å². The van der Waals surface area contributed by atoms with Crippen molar-refractivity contribution < 1.29 is 14.3 Å². The Kier molecular flexibility index (Phi) is 7.51. The van der Waals surface area contributed by atoms with Crippen molar-refractivity contribution >= 4 is 11.9 Å². The van der Waals surface area contributed by atoms with Crippen molar-refractivity contribution in [1.29, 1.82) is 0 Å². The summed E-state index contributed by atoms with van der Waals surface area (Å²) < 4.78 is 5.20. The molecule has 2 fully saturated rings. The molecule has 0 aromatic rings. The van der Waals surface area contributed by atoms with E-state index in [1.807, 2.05) is 0 Å². The maximum absolute atomic E-state index is 12.3. The molecule has 0 aromatic heterocycles. The number of esters is 2. The first kappa shape index (κ1) is 20.5. The van der Waals surface area contributed by atoms with Gasteiger partial charge >= 0.3 is 11.9 Å². The van der Waals surface area contributed by atoms with E-state index in [4.69, 9.17) is 4.74 Å². The average Bonchev–Trinajstić information content (AvgIpc) is 2.54. The van der Waals surface area contributed by atoms with Crippen LogP contribution in [0.5, 0.6) is 0 Å². The van der Waals surface area contributed by atoms with E-state index in [0.29, 0.717) is 23.7 Å². The van der Waals surface area contributed by atoms with E-state index in [2.05, 4.69) is 27.7 Å². The Balaban J connectivity index is 1.74. The highest BCUT2D eigenvalue weighted by molar-refractivity contribution is 5.86. The molecule has 0 bridgehead atoms. The van der Waals surface area contributed by atoms with Gasteiger partial charge < -0.3 is 4.74 Å². The minimum Gasteiger partial charge on any atom is -0.393 e. The summed E-state index contributed by atoms with van der Waals surface area (Å²) in [7, 11) is 0. The van der Waals surface area contributed by atoms with E-state index in [0.717, 1.165) is 38.0 Å². The summed E-state index contributed by atoms with van der Waals surface area (Å²) in [5.41, 5.74) is 0.291. The first-order chi connectivity index (χ1) is 11.8. The van der Waals surface area contributed by atoms with Gasteiger partial charge in [0.1, 0.15) is 0 Å². The Bertz CT molecular complexity index is 446. The normalized spacial score (nSPS) is 32.2. The van der Waals surface area contributed by atoms with Gasteiger partial charge in [-0.2, -0.15) is 0 Å². The topological polar surface area (TPSA) is 43.4 Å². The standard InChI is InChI=1S/C22H38O3/c1-5-7-17-9-11-18(12-10-17)21(24)25-20(23)14-13-19-16(2)8-6-15-22(19,3)4/h16-19H,5-15H2,1-4H3. The van der Waals surface area contributed by atoms with Gasteiger partial charge in [-0.3, -0.25) is 9.59 Å². The average molecular weight is 351 g/mol. The summed E-state index contributed by atoms with van der Waals surface area (Å²) in [4.78, 5) is 24.5. The van der Waals surface area contributed by atoms with Crippen LogP contribution in [0, 0.1) is 29.1 Å². The van der Waals surface area contributed by atoms with Gasteiger partial charge in [0, 0.05) is 6.42 Å². The summed E-state index contributed by atoms with van der Waals surface area (Å²) >= 11 is 0. The molecular formula is C22H38O3. The van der Waals surface area contributed by atoms with E-state index >= 15 is 0 Å². The van der Waals surface area contributed by atoms with Crippen LogP contribution in [0.4, 0.5) is 0 Å². The molecule has 144 valence electrons. The Labute approximate surface area is 154 Å². The number of ether oxygens (including phenoxy) is 1. The molecule has 0 aliphatic heterocycles. The van der Waals surface area contributed by atoms with Gasteiger partial charge in [-0.05, 0) is 61.7 Å². The second kappa shape index (κ2) is 9.19. The molecule has 0 heterocycles. The van der Waals surface area contributed by atoms with Crippen LogP contribution in [0.25, 0.3) is 0 Å². The van der Waals surface area contributed by atoms with Crippen molar-refractivity contribution in [3.8, 4) is 0 Å². The molecule has 2 rings (SSSR count). The Hall–Kier alpha value is -0.860. The fourth-order valence-electron chi connectivity index (χ4n) is 5.33. The molecule has 2 aliphatic rings. The van der Waals surface area contributed by atoms with Crippen molar-refractivity contribution in [2.75, 3.05) is 0 Å². The number of hydrogen-bond donors (Lipinski definition) is 0. The molecule has 0 saturated heterocycles. The first-order valence-electron chi connectivity index (χ1n) is 10.6. The Morgan fingerprint density at radius 3 is 2.32 bits per heavy atom. The lowest BCUT2D eigenvalue weighted by Crippen LogP contribution is -2.34. The molecule has 25 heavy (non-hydrogen) atoms. The van der Waals surface area contributed by atoms with E-state index in [1.165, 1.54) is 32.1 Å². The van der Waals surface area contributed by atoms with Crippen LogP contribution in [0.2, 0.25) is 0 Å². The monoisotopic (exact) mass is 350 g/mol. The third kappa shape index (κ3) is 5.82. The smallest absolute Gasteiger partial charge is 0.316 e. The SMILES string of the molecule is CCCC1CCC(C(=O)OC(=O)CCC2C(C)CCCC2(C)C)CC1. The van der Waals surface area contributed by atoms with Crippen LogP contribution < -0.4 is 0 Å². The summed E-state index contributed by atoms with van der Waals surface area (Å²) in [5.74, 6) is 1.33. The van der Waals surface area contributed by atoms with E-state index in [9.17, 15) is 9.59 Å². The lowest BCUT2D eigenvalue weighted by molar-refractivity contribution is -0.164. The van der Waals surface area contributed by atoms with E-state index in [1.54, 1.807) is 0 Å². The number of hydrogen-bond acceptors (Lipinski definition) is 3. The minimum absolute atomic E-state index is 0.0536. The Morgan fingerprint density at radius 1 is 1.04 bits per heavy atom. The van der Waals surface area contributed by atoms with Crippen molar-refractivity contribution in [3.05, 3.63) is 0 Å². The maximum atomic E-state index is 12.3. The van der Waals surface area contributed by atoms with Gasteiger partial charge in [0.2, 0.25) is 0 Å². The van der Waals surface area contributed by atoms with Gasteiger partial charge in [0.25, 0.3) is 0 Å². The quantitative estimate of drug-likeness (QED) is 0.442. The molecular weight excluding hydrogens is 312 g/mol. The Morgan fingerprint density at radius 2 is 1.72 bits per heavy atom. The summed E-state index contributed by atoms with van der Waals surface area (Å²) in [6.07, 6.45) is 11.5. The van der Waals surface area contributed by atoms with Crippen LogP contribution in [0.15, 0.2) is 0 Å². The molecule has 0 amide bonds. The summed E-state index contributed by atoms with van der Waals surface area (Å²) in [6.45, 7) is 9.15. The molecule has 3 heteroatoms. The molecule has 2 atom stereocenters. The highest BCUT2D eigenvalue weighted by Crippen LogP contribution is 2.46. The van der Waals surface area contributed by atoms with Crippen LogP contribution in [-0.2, 0) is 14.3 Å². The largest absolute Gasteiger partial charge is 0.393 e. The van der Waals surface area contributed by atoms with Gasteiger partial charge in [0.15, 0.2) is 0 Å². The zero-order valence-corrected chi connectivity index (χ0v) is 16.8. The number of carbonyl (C=O) groups excluding carboxylic acids is 2. The van der Waals surface area contributed by atoms with Crippen LogP contribution >= 0.6 is 0 Å². The molecule has 2 unspecified atom stereocenters. The van der Waals surface area contributed by atoms with Gasteiger partial charge in [0.05, 0.1) is 5.92 Å². The molecule has 3 nitrogen and oxygen atoms in total. The fraction of sp³-hybridized carbons (Fsp3) is 0.909. The molecule has 0 spiro atoms. The molecule has 0 aromatic carbocycles. The molecule has 2 aliphatic carbocycles. The fourth-order valence-corrected chi connectivity index (χ4v) is 5.33. The van der Waals surface area contributed by atoms with Gasteiger partial charge in [-0.15, -0.1) is 0 Å². The predicted molar refractivity (Wildman–Crippen MR) is 101 cm³/mol. The van der Waals surface area contributed by atoms with Crippen molar-refractivity contribution in [2.24, 2.45) is 29.1 Å². The van der Waals surface area contributed by atoms with Crippen molar-refractivity contribution in [1.82, 2.24) is 0 Å². The molecule has 0 radical (unpaired) electrons. The third-order valence-electron chi connectivity index (χ3n) is 6.92. The maximum Gasteiger partial charge on any atom is 0.316 e. The van der Waals surface area contributed by atoms with E-state index in [-0.39, 0.29) is 17.9 Å². The van der Waals surface area contributed by atoms with Crippen LogP contribution in [-0.4, -0.2) is 11.9 Å². The zero-order valence-electron chi connectivity index (χ0n) is 16.8.